The molecule has 0 spiro atoms. The van der Waals surface area contributed by atoms with E-state index >= 15 is 0 Å². The Morgan fingerprint density at radius 2 is 1.81 bits per heavy atom. The zero-order valence-corrected chi connectivity index (χ0v) is 15.7. The Kier molecular flexibility index (Phi) is 10.7. The van der Waals surface area contributed by atoms with Crippen molar-refractivity contribution in [1.29, 1.82) is 0 Å². The van der Waals surface area contributed by atoms with Crippen LogP contribution >= 0.6 is 0 Å². The Morgan fingerprint density at radius 3 is 2.27 bits per heavy atom. The predicted octanol–water partition coefficient (Wildman–Crippen LogP) is -0.478. The molecule has 0 radical (unpaired) electrons. The molecule has 0 rings (SSSR count). The molecular formula is C16H29N5O5. The Hall–Kier alpha value is -2.62. The van der Waals surface area contributed by atoms with Gasteiger partial charge in [0.05, 0.1) is 6.54 Å². The minimum Gasteiger partial charge on any atom is -0.465 e. The summed E-state index contributed by atoms with van der Waals surface area (Å²) in [6.45, 7) is 4.07. The summed E-state index contributed by atoms with van der Waals surface area (Å²) in [5.41, 5.74) is 7.47. The molecule has 10 nitrogen and oxygen atoms in total. The third-order valence-electron chi connectivity index (χ3n) is 3.15. The van der Waals surface area contributed by atoms with Gasteiger partial charge in [-0.3, -0.25) is 19.8 Å². The number of carbonyl (C=O) groups is 4. The lowest BCUT2D eigenvalue weighted by molar-refractivity contribution is -0.139. The molecule has 0 aromatic rings. The zero-order valence-electron chi connectivity index (χ0n) is 15.7. The van der Waals surface area contributed by atoms with Crippen LogP contribution in [0, 0.1) is 5.92 Å². The number of amides is 4. The van der Waals surface area contributed by atoms with Gasteiger partial charge in [0.1, 0.15) is 6.04 Å². The topological polar surface area (TPSA) is 145 Å². The molecule has 5 N–H and O–H groups in total. The molecule has 0 aliphatic carbocycles. The number of hydrazine groups is 1. The van der Waals surface area contributed by atoms with Crippen molar-refractivity contribution in [3.63, 3.8) is 0 Å². The standard InChI is InChI=1S/C16H29N5O5/c1-11(2)10-12(18-16(25)26)15(24)19-21(9-7-13(17)22)14(23)6-5-8-20(3)4/h5-6,11-12,18H,7-10H2,1-4H3,(H2,17,22)(H,19,24)(H,25,26)/b6-5+. The Morgan fingerprint density at radius 1 is 1.19 bits per heavy atom. The highest BCUT2D eigenvalue weighted by molar-refractivity contribution is 5.92. The Balaban J connectivity index is 5.12. The van der Waals surface area contributed by atoms with E-state index in [1.807, 2.05) is 32.8 Å². The summed E-state index contributed by atoms with van der Waals surface area (Å²) in [5.74, 6) is -1.80. The van der Waals surface area contributed by atoms with E-state index in [1.165, 1.54) is 6.08 Å². The largest absolute Gasteiger partial charge is 0.465 e. The Bertz CT molecular complexity index is 533. The predicted molar refractivity (Wildman–Crippen MR) is 95.8 cm³/mol. The van der Waals surface area contributed by atoms with E-state index in [0.29, 0.717) is 6.54 Å². The molecule has 4 amide bonds. The molecule has 0 aliphatic heterocycles. The highest BCUT2D eigenvalue weighted by atomic mass is 16.4. The van der Waals surface area contributed by atoms with Crippen molar-refractivity contribution in [1.82, 2.24) is 20.7 Å². The van der Waals surface area contributed by atoms with Gasteiger partial charge >= 0.3 is 6.09 Å². The fourth-order valence-corrected chi connectivity index (χ4v) is 1.96. The highest BCUT2D eigenvalue weighted by Gasteiger charge is 2.25. The first-order valence-electron chi connectivity index (χ1n) is 8.24. The van der Waals surface area contributed by atoms with E-state index in [1.54, 1.807) is 6.08 Å². The summed E-state index contributed by atoms with van der Waals surface area (Å²) in [7, 11) is 3.66. The molecule has 0 aromatic carbocycles. The normalized spacial score (nSPS) is 12.2. The number of hydrogen-bond acceptors (Lipinski definition) is 5. The molecule has 148 valence electrons. The fourth-order valence-electron chi connectivity index (χ4n) is 1.96. The first-order chi connectivity index (χ1) is 12.0. The van der Waals surface area contributed by atoms with Gasteiger partial charge in [-0.1, -0.05) is 19.9 Å². The number of nitrogens with one attached hydrogen (secondary N) is 2. The van der Waals surface area contributed by atoms with Gasteiger partial charge in [-0.05, 0) is 26.4 Å². The van der Waals surface area contributed by atoms with Gasteiger partial charge in [0, 0.05) is 19.0 Å². The molecule has 1 atom stereocenters. The summed E-state index contributed by atoms with van der Waals surface area (Å²) in [5, 5.41) is 12.0. The molecule has 0 saturated heterocycles. The molecule has 1 unspecified atom stereocenters. The molecule has 0 aromatic heterocycles. The minimum absolute atomic E-state index is 0.0485. The van der Waals surface area contributed by atoms with Crippen molar-refractivity contribution < 1.29 is 24.3 Å². The maximum atomic E-state index is 12.4. The van der Waals surface area contributed by atoms with Gasteiger partial charge in [0.15, 0.2) is 0 Å². The van der Waals surface area contributed by atoms with E-state index in [0.717, 1.165) is 5.01 Å². The van der Waals surface area contributed by atoms with Gasteiger partial charge in [-0.2, -0.15) is 0 Å². The SMILES string of the molecule is CC(C)CC(NC(=O)O)C(=O)NN(CCC(N)=O)C(=O)/C=C/CN(C)C. The van der Waals surface area contributed by atoms with Crippen LogP contribution in [0.1, 0.15) is 26.7 Å². The first kappa shape index (κ1) is 23.4. The Labute approximate surface area is 153 Å². The molecule has 0 saturated carbocycles. The van der Waals surface area contributed by atoms with Gasteiger partial charge in [0.25, 0.3) is 11.8 Å². The number of carbonyl (C=O) groups excluding carboxylic acids is 3. The van der Waals surface area contributed by atoms with Crippen molar-refractivity contribution in [2.45, 2.75) is 32.7 Å². The maximum absolute atomic E-state index is 12.4. The third kappa shape index (κ3) is 11.0. The van der Waals surface area contributed by atoms with Crippen LogP contribution in [-0.4, -0.2) is 72.1 Å². The van der Waals surface area contributed by atoms with Crippen molar-refractivity contribution >= 4 is 23.8 Å². The lowest BCUT2D eigenvalue weighted by Crippen LogP contribution is -2.54. The van der Waals surface area contributed by atoms with Gasteiger partial charge in [-0.15, -0.1) is 0 Å². The average Bonchev–Trinajstić information content (AvgIpc) is 2.48. The van der Waals surface area contributed by atoms with E-state index in [2.05, 4.69) is 10.7 Å². The van der Waals surface area contributed by atoms with Crippen LogP contribution in [0.4, 0.5) is 4.79 Å². The lowest BCUT2D eigenvalue weighted by atomic mass is 10.0. The van der Waals surface area contributed by atoms with Crippen LogP contribution in [-0.2, 0) is 14.4 Å². The van der Waals surface area contributed by atoms with E-state index < -0.39 is 29.9 Å². The molecule has 0 heterocycles. The van der Waals surface area contributed by atoms with Crippen LogP contribution in [0.3, 0.4) is 0 Å². The van der Waals surface area contributed by atoms with E-state index in [9.17, 15) is 19.2 Å². The fraction of sp³-hybridized carbons (Fsp3) is 0.625. The van der Waals surface area contributed by atoms with Crippen LogP contribution in [0.2, 0.25) is 0 Å². The number of likely N-dealkylation sites (N-methyl/N-ethyl adjacent to an activating group) is 1. The smallest absolute Gasteiger partial charge is 0.405 e. The van der Waals surface area contributed by atoms with Crippen LogP contribution in [0.25, 0.3) is 0 Å². The molecule has 26 heavy (non-hydrogen) atoms. The molecule has 0 fully saturated rings. The van der Waals surface area contributed by atoms with Crippen LogP contribution < -0.4 is 16.5 Å². The maximum Gasteiger partial charge on any atom is 0.405 e. The quantitative estimate of drug-likeness (QED) is 0.301. The lowest BCUT2D eigenvalue weighted by Gasteiger charge is -2.25. The van der Waals surface area contributed by atoms with Crippen molar-refractivity contribution in [2.24, 2.45) is 11.7 Å². The molecule has 0 bridgehead atoms. The number of carboxylic acid groups (broad SMARTS) is 1. The van der Waals surface area contributed by atoms with Crippen molar-refractivity contribution in [2.75, 3.05) is 27.2 Å². The number of nitrogens with two attached hydrogens (primary N) is 1. The highest BCUT2D eigenvalue weighted by Crippen LogP contribution is 2.05. The third-order valence-corrected chi connectivity index (χ3v) is 3.15. The molecular weight excluding hydrogens is 342 g/mol. The van der Waals surface area contributed by atoms with Crippen LogP contribution in [0.15, 0.2) is 12.2 Å². The molecule has 0 aliphatic rings. The summed E-state index contributed by atoms with van der Waals surface area (Å²) in [6, 6.07) is -1.03. The second-order valence-electron chi connectivity index (χ2n) is 6.48. The number of nitrogens with zero attached hydrogens (tertiary/aromatic N) is 2. The molecule has 10 heteroatoms. The van der Waals surface area contributed by atoms with E-state index in [4.69, 9.17) is 10.8 Å². The second-order valence-corrected chi connectivity index (χ2v) is 6.48. The monoisotopic (exact) mass is 371 g/mol. The van der Waals surface area contributed by atoms with Crippen molar-refractivity contribution in [3.8, 4) is 0 Å². The second kappa shape index (κ2) is 11.9. The van der Waals surface area contributed by atoms with Crippen LogP contribution in [0.5, 0.6) is 0 Å². The first-order valence-corrected chi connectivity index (χ1v) is 8.24. The van der Waals surface area contributed by atoms with Crippen molar-refractivity contribution in [3.05, 3.63) is 12.2 Å². The van der Waals surface area contributed by atoms with Gasteiger partial charge in [-0.25, -0.2) is 9.80 Å². The minimum atomic E-state index is -1.34. The van der Waals surface area contributed by atoms with E-state index in [-0.39, 0.29) is 25.3 Å². The number of rotatable bonds is 10. The summed E-state index contributed by atoms with van der Waals surface area (Å²) in [6.07, 6.45) is 1.64. The number of hydrogen-bond donors (Lipinski definition) is 4. The summed E-state index contributed by atoms with van der Waals surface area (Å²) < 4.78 is 0. The van der Waals surface area contributed by atoms with Gasteiger partial charge < -0.3 is 21.1 Å². The summed E-state index contributed by atoms with van der Waals surface area (Å²) >= 11 is 0. The zero-order chi connectivity index (χ0) is 20.3. The number of primary amides is 1. The van der Waals surface area contributed by atoms with Gasteiger partial charge in [0.2, 0.25) is 5.91 Å². The average molecular weight is 371 g/mol. The summed E-state index contributed by atoms with van der Waals surface area (Å²) in [4.78, 5) is 48.4.